The normalized spacial score (nSPS) is 23.7. The first-order valence-corrected chi connectivity index (χ1v) is 8.29. The molecular weight excluding hydrogens is 308 g/mol. The van der Waals surface area contributed by atoms with Crippen molar-refractivity contribution in [3.05, 3.63) is 31.0 Å². The van der Waals surface area contributed by atoms with E-state index >= 15 is 0 Å². The predicted molar refractivity (Wildman–Crippen MR) is 86.8 cm³/mol. The highest BCUT2D eigenvalue weighted by Gasteiger charge is 2.36. The van der Waals surface area contributed by atoms with Crippen molar-refractivity contribution in [3.8, 4) is 5.82 Å². The van der Waals surface area contributed by atoms with E-state index in [-0.39, 0.29) is 12.1 Å². The number of carbonyl (C=O) groups is 1. The van der Waals surface area contributed by atoms with Gasteiger partial charge in [-0.15, -0.1) is 0 Å². The van der Waals surface area contributed by atoms with Gasteiger partial charge in [0, 0.05) is 18.8 Å². The molecule has 2 amide bonds. The summed E-state index contributed by atoms with van der Waals surface area (Å²) < 4.78 is 7.32. The van der Waals surface area contributed by atoms with Gasteiger partial charge in [-0.25, -0.2) is 19.4 Å². The molecule has 2 aliphatic rings. The number of nitrogens with one attached hydrogen (secondary N) is 2. The van der Waals surface area contributed by atoms with Crippen LogP contribution >= 0.6 is 0 Å². The average molecular weight is 328 g/mol. The van der Waals surface area contributed by atoms with Gasteiger partial charge in [0.25, 0.3) is 0 Å². The van der Waals surface area contributed by atoms with Gasteiger partial charge in [0.1, 0.15) is 12.7 Å². The van der Waals surface area contributed by atoms with Gasteiger partial charge in [-0.2, -0.15) is 5.10 Å². The van der Waals surface area contributed by atoms with Crippen LogP contribution in [-0.2, 0) is 4.74 Å². The number of anilines is 1. The molecule has 2 atom stereocenters. The molecule has 0 radical (unpaired) electrons. The lowest BCUT2D eigenvalue weighted by molar-refractivity contribution is -0.00889. The van der Waals surface area contributed by atoms with Crippen LogP contribution in [-0.4, -0.2) is 44.5 Å². The molecule has 3 heterocycles. The van der Waals surface area contributed by atoms with E-state index in [4.69, 9.17) is 4.74 Å². The average Bonchev–Trinajstić information content (AvgIpc) is 3.31. The summed E-state index contributed by atoms with van der Waals surface area (Å²) >= 11 is 0. The molecule has 1 aliphatic carbocycles. The molecule has 0 aromatic carbocycles. The third-order valence-corrected chi connectivity index (χ3v) is 4.47. The van der Waals surface area contributed by atoms with Crippen LogP contribution in [0.5, 0.6) is 0 Å². The fourth-order valence-corrected chi connectivity index (χ4v) is 3.09. The van der Waals surface area contributed by atoms with Crippen molar-refractivity contribution in [2.45, 2.75) is 37.8 Å². The maximum Gasteiger partial charge on any atom is 0.319 e. The number of hydrogen-bond acceptors (Lipinski definition) is 5. The first-order valence-electron chi connectivity index (χ1n) is 8.29. The van der Waals surface area contributed by atoms with Gasteiger partial charge in [-0.3, -0.25) is 0 Å². The standard InChI is InChI=1S/C16H20N6O2/c23-16(20-12-5-7-24-14(8-12)11-3-4-11)21-13-2-1-6-18-15(13)22-10-17-9-19-22/h1-2,6,9-12,14H,3-5,7-8H2,(H2,20,21,23)/t12-,14+/m0/s1. The van der Waals surface area contributed by atoms with Gasteiger partial charge >= 0.3 is 6.03 Å². The Morgan fingerprint density at radius 2 is 2.25 bits per heavy atom. The minimum atomic E-state index is -0.231. The maximum absolute atomic E-state index is 12.4. The Bertz CT molecular complexity index is 700. The number of ether oxygens (including phenoxy) is 1. The summed E-state index contributed by atoms with van der Waals surface area (Å²) in [7, 11) is 0. The lowest BCUT2D eigenvalue weighted by atomic mass is 10.0. The zero-order valence-electron chi connectivity index (χ0n) is 13.3. The fraction of sp³-hybridized carbons (Fsp3) is 0.500. The number of carbonyl (C=O) groups excluding carboxylic acids is 1. The zero-order chi connectivity index (χ0) is 16.4. The maximum atomic E-state index is 12.4. The van der Waals surface area contributed by atoms with Crippen LogP contribution in [0.1, 0.15) is 25.7 Å². The molecule has 1 saturated heterocycles. The molecule has 126 valence electrons. The first kappa shape index (κ1) is 15.1. The van der Waals surface area contributed by atoms with Crippen LogP contribution < -0.4 is 10.6 Å². The van der Waals surface area contributed by atoms with Gasteiger partial charge in [0.05, 0.1) is 11.8 Å². The minimum absolute atomic E-state index is 0.149. The molecule has 8 nitrogen and oxygen atoms in total. The highest BCUT2D eigenvalue weighted by Crippen LogP contribution is 2.38. The topological polar surface area (TPSA) is 94.0 Å². The summed E-state index contributed by atoms with van der Waals surface area (Å²) in [6.07, 6.45) is 9.16. The van der Waals surface area contributed by atoms with E-state index < -0.39 is 0 Å². The molecule has 0 unspecified atom stereocenters. The minimum Gasteiger partial charge on any atom is -0.378 e. The highest BCUT2D eigenvalue weighted by molar-refractivity contribution is 5.91. The van der Waals surface area contributed by atoms with Crippen LogP contribution in [0.3, 0.4) is 0 Å². The lowest BCUT2D eigenvalue weighted by Crippen LogP contribution is -2.44. The first-order chi connectivity index (χ1) is 11.8. The molecule has 8 heteroatoms. The highest BCUT2D eigenvalue weighted by atomic mass is 16.5. The Morgan fingerprint density at radius 3 is 3.04 bits per heavy atom. The Balaban J connectivity index is 1.39. The van der Waals surface area contributed by atoms with E-state index in [0.29, 0.717) is 30.1 Å². The van der Waals surface area contributed by atoms with Gasteiger partial charge in [-0.1, -0.05) is 0 Å². The Kier molecular flexibility index (Phi) is 4.12. The second-order valence-corrected chi connectivity index (χ2v) is 6.28. The van der Waals surface area contributed by atoms with E-state index in [0.717, 1.165) is 12.8 Å². The molecule has 1 saturated carbocycles. The number of amides is 2. The van der Waals surface area contributed by atoms with E-state index in [2.05, 4.69) is 25.7 Å². The number of pyridine rings is 1. The molecule has 2 N–H and O–H groups in total. The van der Waals surface area contributed by atoms with Crippen molar-refractivity contribution in [2.75, 3.05) is 11.9 Å². The number of nitrogens with zero attached hydrogens (tertiary/aromatic N) is 4. The largest absolute Gasteiger partial charge is 0.378 e. The third-order valence-electron chi connectivity index (χ3n) is 4.47. The van der Waals surface area contributed by atoms with Crippen LogP contribution in [0.25, 0.3) is 5.82 Å². The van der Waals surface area contributed by atoms with E-state index in [1.807, 2.05) is 0 Å². The third kappa shape index (κ3) is 3.38. The molecule has 0 spiro atoms. The molecule has 4 rings (SSSR count). The summed E-state index contributed by atoms with van der Waals surface area (Å²) in [5.74, 6) is 1.22. The van der Waals surface area contributed by atoms with Crippen molar-refractivity contribution in [1.82, 2.24) is 25.1 Å². The number of urea groups is 1. The van der Waals surface area contributed by atoms with Gasteiger partial charge in [0.15, 0.2) is 5.82 Å². The van der Waals surface area contributed by atoms with Gasteiger partial charge in [0.2, 0.25) is 0 Å². The summed E-state index contributed by atoms with van der Waals surface area (Å²) in [5.41, 5.74) is 0.589. The molecular formula is C16H20N6O2. The fourth-order valence-electron chi connectivity index (χ4n) is 3.09. The quantitative estimate of drug-likeness (QED) is 0.891. The Hall–Kier alpha value is -2.48. The molecule has 2 aromatic rings. The Labute approximate surface area is 139 Å². The smallest absolute Gasteiger partial charge is 0.319 e. The van der Waals surface area contributed by atoms with Crippen LogP contribution in [0.15, 0.2) is 31.0 Å². The van der Waals surface area contributed by atoms with Crippen LogP contribution in [0.4, 0.5) is 10.5 Å². The van der Waals surface area contributed by atoms with Crippen LogP contribution in [0.2, 0.25) is 0 Å². The molecule has 2 fully saturated rings. The van der Waals surface area contributed by atoms with Crippen molar-refractivity contribution >= 4 is 11.7 Å². The van der Waals surface area contributed by atoms with Crippen LogP contribution in [0, 0.1) is 5.92 Å². The van der Waals surface area contributed by atoms with Crippen molar-refractivity contribution in [2.24, 2.45) is 5.92 Å². The molecule has 24 heavy (non-hydrogen) atoms. The molecule has 0 bridgehead atoms. The second kappa shape index (κ2) is 6.56. The summed E-state index contributed by atoms with van der Waals surface area (Å²) in [5, 5.41) is 9.97. The molecule has 1 aliphatic heterocycles. The summed E-state index contributed by atoms with van der Waals surface area (Å²) in [6.45, 7) is 0.712. The number of aromatic nitrogens is 4. The SMILES string of the molecule is O=C(Nc1cccnc1-n1cncn1)N[C@H]1CCO[C@@H](C2CC2)C1. The number of rotatable bonds is 4. The van der Waals surface area contributed by atoms with Crippen molar-refractivity contribution < 1.29 is 9.53 Å². The van der Waals surface area contributed by atoms with E-state index in [1.165, 1.54) is 23.9 Å². The summed E-state index contributed by atoms with van der Waals surface area (Å²) in [6, 6.07) is 3.48. The van der Waals surface area contributed by atoms with E-state index in [1.54, 1.807) is 24.7 Å². The number of hydrogen-bond donors (Lipinski definition) is 2. The monoisotopic (exact) mass is 328 g/mol. The lowest BCUT2D eigenvalue weighted by Gasteiger charge is -2.30. The summed E-state index contributed by atoms with van der Waals surface area (Å²) in [4.78, 5) is 20.5. The molecule has 2 aromatic heterocycles. The second-order valence-electron chi connectivity index (χ2n) is 6.28. The van der Waals surface area contributed by atoms with Gasteiger partial charge < -0.3 is 15.4 Å². The Morgan fingerprint density at radius 1 is 1.33 bits per heavy atom. The van der Waals surface area contributed by atoms with Crippen molar-refractivity contribution in [3.63, 3.8) is 0 Å². The van der Waals surface area contributed by atoms with Crippen molar-refractivity contribution in [1.29, 1.82) is 0 Å². The zero-order valence-corrected chi connectivity index (χ0v) is 13.3. The predicted octanol–water partition coefficient (Wildman–Crippen LogP) is 1.74. The van der Waals surface area contributed by atoms with Gasteiger partial charge in [-0.05, 0) is 43.7 Å². The van der Waals surface area contributed by atoms with E-state index in [9.17, 15) is 4.79 Å².